The van der Waals surface area contributed by atoms with Crippen LogP contribution in [0.3, 0.4) is 0 Å². The molecule has 4 nitrogen and oxygen atoms in total. The number of hydrogen-bond acceptors (Lipinski definition) is 4. The summed E-state index contributed by atoms with van der Waals surface area (Å²) in [5.74, 6) is -0.0328. The maximum atomic E-state index is 12.6. The fraction of sp³-hybridized carbons (Fsp3) is 0.350. The molecule has 0 aromatic heterocycles. The first-order valence-corrected chi connectivity index (χ1v) is 11.3. The molecule has 2 aromatic carbocycles. The van der Waals surface area contributed by atoms with Gasteiger partial charge in [-0.2, -0.15) is 0 Å². The Morgan fingerprint density at radius 1 is 1.08 bits per heavy atom. The lowest BCUT2D eigenvalue weighted by molar-refractivity contribution is -0.121. The number of thioether (sulfide) groups is 1. The maximum absolute atomic E-state index is 12.6. The minimum atomic E-state index is -3.22. The van der Waals surface area contributed by atoms with Crippen LogP contribution in [0.2, 0.25) is 0 Å². The van der Waals surface area contributed by atoms with E-state index in [9.17, 15) is 13.2 Å². The third-order valence-electron chi connectivity index (χ3n) is 4.14. The van der Waals surface area contributed by atoms with Crippen LogP contribution < -0.4 is 5.32 Å². The summed E-state index contributed by atoms with van der Waals surface area (Å²) in [5.41, 5.74) is 2.09. The van der Waals surface area contributed by atoms with Gasteiger partial charge in [0.1, 0.15) is 0 Å². The molecule has 0 saturated heterocycles. The second-order valence-corrected chi connectivity index (χ2v) is 9.81. The van der Waals surface area contributed by atoms with Crippen LogP contribution in [0.4, 0.5) is 0 Å². The second-order valence-electron chi connectivity index (χ2n) is 6.38. The quantitative estimate of drug-likeness (QED) is 0.720. The topological polar surface area (TPSA) is 63.2 Å². The molecule has 1 N–H and O–H groups in total. The minimum absolute atomic E-state index is 0.0328. The minimum Gasteiger partial charge on any atom is -0.348 e. The molecule has 0 aliphatic heterocycles. The summed E-state index contributed by atoms with van der Waals surface area (Å²) in [6, 6.07) is 14.7. The molecule has 6 heteroatoms. The molecule has 0 spiro atoms. The number of carbonyl (C=O) groups is 1. The Morgan fingerprint density at radius 2 is 1.65 bits per heavy atom. The van der Waals surface area contributed by atoms with E-state index in [1.54, 1.807) is 24.3 Å². The van der Waals surface area contributed by atoms with E-state index in [2.05, 4.69) is 5.32 Å². The molecule has 0 fully saturated rings. The highest BCUT2D eigenvalue weighted by molar-refractivity contribution is 8.00. The van der Waals surface area contributed by atoms with Gasteiger partial charge in [0, 0.05) is 11.2 Å². The molecule has 140 valence electrons. The van der Waals surface area contributed by atoms with Crippen molar-refractivity contribution in [3.63, 3.8) is 0 Å². The Balaban J connectivity index is 2.04. The van der Waals surface area contributed by atoms with Gasteiger partial charge in [-0.3, -0.25) is 4.79 Å². The number of benzene rings is 2. The van der Waals surface area contributed by atoms with Crippen molar-refractivity contribution < 1.29 is 13.2 Å². The predicted octanol–water partition coefficient (Wildman–Crippen LogP) is 4.15. The molecule has 2 unspecified atom stereocenters. The molecule has 26 heavy (non-hydrogen) atoms. The molecule has 0 saturated carbocycles. The van der Waals surface area contributed by atoms with E-state index >= 15 is 0 Å². The van der Waals surface area contributed by atoms with Crippen molar-refractivity contribution in [2.45, 2.75) is 48.3 Å². The Hall–Kier alpha value is -1.79. The lowest BCUT2D eigenvalue weighted by atomic mass is 10.0. The summed E-state index contributed by atoms with van der Waals surface area (Å²) in [5, 5.41) is 2.84. The molecule has 0 aliphatic carbocycles. The van der Waals surface area contributed by atoms with Gasteiger partial charge >= 0.3 is 0 Å². The van der Waals surface area contributed by atoms with E-state index in [4.69, 9.17) is 0 Å². The Kier molecular flexibility index (Phi) is 6.89. The molecule has 1 amide bonds. The van der Waals surface area contributed by atoms with E-state index < -0.39 is 9.84 Å². The number of amides is 1. The van der Waals surface area contributed by atoms with Crippen LogP contribution in [0.1, 0.15) is 37.4 Å². The predicted molar refractivity (Wildman–Crippen MR) is 107 cm³/mol. The molecular formula is C20H25NO3S2. The zero-order valence-corrected chi connectivity index (χ0v) is 17.2. The van der Waals surface area contributed by atoms with Crippen LogP contribution in [-0.2, 0) is 14.6 Å². The molecule has 0 heterocycles. The number of rotatable bonds is 7. The number of hydrogen-bond donors (Lipinski definition) is 1. The number of sulfone groups is 1. The van der Waals surface area contributed by atoms with Gasteiger partial charge in [-0.1, -0.05) is 36.8 Å². The van der Waals surface area contributed by atoms with Crippen LogP contribution in [0.25, 0.3) is 0 Å². The first-order valence-electron chi connectivity index (χ1n) is 8.54. The first-order chi connectivity index (χ1) is 12.2. The lowest BCUT2D eigenvalue weighted by Gasteiger charge is -2.20. The number of carbonyl (C=O) groups excluding carboxylic acids is 1. The van der Waals surface area contributed by atoms with Gasteiger partial charge in [-0.25, -0.2) is 8.42 Å². The monoisotopic (exact) mass is 391 g/mol. The SMILES string of the molecule is CCC(NC(=O)C(C)Sc1ccc(C)cc1)c1ccc(S(C)(=O)=O)cc1. The molecular weight excluding hydrogens is 366 g/mol. The van der Waals surface area contributed by atoms with Gasteiger partial charge in [0.25, 0.3) is 0 Å². The van der Waals surface area contributed by atoms with Crippen molar-refractivity contribution in [3.8, 4) is 0 Å². The second kappa shape index (κ2) is 8.73. The molecule has 0 bridgehead atoms. The number of nitrogens with one attached hydrogen (secondary N) is 1. The van der Waals surface area contributed by atoms with E-state index in [0.29, 0.717) is 0 Å². The van der Waals surface area contributed by atoms with Gasteiger partial charge in [0.05, 0.1) is 16.2 Å². The molecule has 2 aromatic rings. The molecule has 2 rings (SSSR count). The third kappa shape index (κ3) is 5.61. The summed E-state index contributed by atoms with van der Waals surface area (Å²) in [6.45, 7) is 5.91. The van der Waals surface area contributed by atoms with Gasteiger partial charge in [-0.15, -0.1) is 11.8 Å². The highest BCUT2D eigenvalue weighted by Gasteiger charge is 2.19. The zero-order chi connectivity index (χ0) is 19.3. The van der Waals surface area contributed by atoms with Crippen molar-refractivity contribution in [1.82, 2.24) is 5.32 Å². The van der Waals surface area contributed by atoms with E-state index in [1.165, 1.54) is 23.6 Å². The van der Waals surface area contributed by atoms with Crippen molar-refractivity contribution >= 4 is 27.5 Å². The highest BCUT2D eigenvalue weighted by Crippen LogP contribution is 2.25. The van der Waals surface area contributed by atoms with Gasteiger partial charge in [-0.05, 0) is 50.1 Å². The van der Waals surface area contributed by atoms with Gasteiger partial charge in [0.2, 0.25) is 5.91 Å². The van der Waals surface area contributed by atoms with E-state index in [1.807, 2.05) is 45.0 Å². The van der Waals surface area contributed by atoms with Crippen molar-refractivity contribution in [1.29, 1.82) is 0 Å². The van der Waals surface area contributed by atoms with Crippen LogP contribution in [0.15, 0.2) is 58.3 Å². The summed E-state index contributed by atoms with van der Waals surface area (Å²) in [7, 11) is -3.22. The Morgan fingerprint density at radius 3 is 2.15 bits per heavy atom. The zero-order valence-electron chi connectivity index (χ0n) is 15.5. The van der Waals surface area contributed by atoms with E-state index in [-0.39, 0.29) is 22.1 Å². The Bertz CT molecular complexity index is 844. The van der Waals surface area contributed by atoms with Crippen molar-refractivity contribution in [2.75, 3.05) is 6.26 Å². The average Bonchev–Trinajstić information content (AvgIpc) is 2.60. The summed E-state index contributed by atoms with van der Waals surface area (Å²) in [4.78, 5) is 13.9. The van der Waals surface area contributed by atoms with Crippen molar-refractivity contribution in [3.05, 3.63) is 59.7 Å². The molecule has 0 aliphatic rings. The number of aryl methyl sites for hydroxylation is 1. The fourth-order valence-electron chi connectivity index (χ4n) is 2.53. The summed E-state index contributed by atoms with van der Waals surface area (Å²) in [6.07, 6.45) is 1.91. The van der Waals surface area contributed by atoms with Crippen molar-refractivity contribution in [2.24, 2.45) is 0 Å². The first kappa shape index (κ1) is 20.5. The lowest BCUT2D eigenvalue weighted by Crippen LogP contribution is -2.34. The van der Waals surface area contributed by atoms with E-state index in [0.717, 1.165) is 16.9 Å². The van der Waals surface area contributed by atoms with Gasteiger partial charge < -0.3 is 5.32 Å². The van der Waals surface area contributed by atoms with Crippen LogP contribution in [-0.4, -0.2) is 25.8 Å². The average molecular weight is 392 g/mol. The normalized spacial score (nSPS) is 13.8. The van der Waals surface area contributed by atoms with Crippen LogP contribution >= 0.6 is 11.8 Å². The van der Waals surface area contributed by atoms with Gasteiger partial charge in [0.15, 0.2) is 9.84 Å². The smallest absolute Gasteiger partial charge is 0.233 e. The summed E-state index contributed by atoms with van der Waals surface area (Å²) < 4.78 is 23.1. The largest absolute Gasteiger partial charge is 0.348 e. The Labute approximate surface area is 160 Å². The highest BCUT2D eigenvalue weighted by atomic mass is 32.2. The van der Waals surface area contributed by atoms with Crippen LogP contribution in [0.5, 0.6) is 0 Å². The molecule has 2 atom stereocenters. The standard InChI is InChI=1S/C20H25NO3S2/c1-5-19(16-8-12-18(13-9-16)26(4,23)24)21-20(22)15(3)25-17-10-6-14(2)7-11-17/h6-13,15,19H,5H2,1-4H3,(H,21,22). The summed E-state index contributed by atoms with van der Waals surface area (Å²) >= 11 is 1.52. The maximum Gasteiger partial charge on any atom is 0.233 e. The molecule has 0 radical (unpaired) electrons. The van der Waals surface area contributed by atoms with Crippen LogP contribution in [0, 0.1) is 6.92 Å². The fourth-order valence-corrected chi connectivity index (χ4v) is 4.04. The third-order valence-corrected chi connectivity index (χ3v) is 6.38.